The molecule has 2 bridgehead atoms. The van der Waals surface area contributed by atoms with Gasteiger partial charge in [-0.2, -0.15) is 8.62 Å². The summed E-state index contributed by atoms with van der Waals surface area (Å²) < 4.78 is 58.7. The first-order chi connectivity index (χ1) is 14.7. The van der Waals surface area contributed by atoms with Crippen LogP contribution >= 0.6 is 23.5 Å². The number of phosphoric acid groups is 3. The van der Waals surface area contributed by atoms with E-state index < -0.39 is 54.1 Å². The second kappa shape index (κ2) is 7.85. The van der Waals surface area contributed by atoms with Crippen molar-refractivity contribution in [2.24, 2.45) is 0 Å². The van der Waals surface area contributed by atoms with E-state index in [1.165, 1.54) is 17.2 Å². The zero-order chi connectivity index (χ0) is 23.5. The number of nitrogens with zero attached hydrogens (tertiary/aromatic N) is 4. The van der Waals surface area contributed by atoms with E-state index in [2.05, 4.69) is 28.1 Å². The van der Waals surface area contributed by atoms with Gasteiger partial charge in [0.25, 0.3) is 0 Å². The zero-order valence-electron chi connectivity index (χ0n) is 15.5. The molecule has 4 rings (SSSR count). The molecule has 2 aliphatic heterocycles. The predicted molar refractivity (Wildman–Crippen MR) is 98.2 cm³/mol. The highest BCUT2D eigenvalue weighted by Crippen LogP contribution is 2.66. The molecule has 2 aliphatic rings. The topological polar surface area (TPSA) is 268 Å². The van der Waals surface area contributed by atoms with Crippen LogP contribution in [0.1, 0.15) is 6.23 Å². The highest BCUT2D eigenvalue weighted by molar-refractivity contribution is 7.66. The quantitative estimate of drug-likeness (QED) is 0.223. The average molecular weight is 519 g/mol. The van der Waals surface area contributed by atoms with Crippen molar-refractivity contribution in [2.75, 3.05) is 18.9 Å². The Kier molecular flexibility index (Phi) is 5.84. The van der Waals surface area contributed by atoms with E-state index >= 15 is 0 Å². The first kappa shape index (κ1) is 23.8. The van der Waals surface area contributed by atoms with Crippen molar-refractivity contribution < 1.29 is 61.0 Å². The summed E-state index contributed by atoms with van der Waals surface area (Å²) >= 11 is 0. The number of ether oxygens (including phenoxy) is 2. The third-order valence-corrected chi connectivity index (χ3v) is 8.34. The first-order valence-electron chi connectivity index (χ1n) is 8.41. The molecule has 2 fully saturated rings. The molecular weight excluding hydrogens is 503 g/mol. The van der Waals surface area contributed by atoms with Crippen LogP contribution in [0.4, 0.5) is 5.82 Å². The highest BCUT2D eigenvalue weighted by Gasteiger charge is 2.63. The number of aromatic nitrogens is 4. The monoisotopic (exact) mass is 519 g/mol. The van der Waals surface area contributed by atoms with Gasteiger partial charge in [0.05, 0.1) is 19.5 Å². The Morgan fingerprint density at radius 2 is 1.88 bits per heavy atom. The van der Waals surface area contributed by atoms with E-state index in [1.807, 2.05) is 0 Å². The number of fused-ring (bicyclic) bond motifs is 3. The van der Waals surface area contributed by atoms with E-state index in [0.29, 0.717) is 0 Å². The van der Waals surface area contributed by atoms with Crippen molar-refractivity contribution in [2.45, 2.75) is 24.0 Å². The standard InChI is InChI=1S/C11H16N5O13P3/c12-8-5-9(14-3-13-8)16(4-15-5)10-6-7(17)11(27-10,1-25-6)2-26-31(21,22)29-32(23,24)28-30(18,19)20/h3-4,6-7,10,17H,1-2H2,(H,21,22)(H,23,24)(H2,12,13,14)(H2,18,19,20)/t6?,7?,10-,11-/m1/s1. The fourth-order valence-corrected chi connectivity index (χ4v) is 6.37. The van der Waals surface area contributed by atoms with Crippen LogP contribution in [0, 0.1) is 0 Å². The molecule has 2 aromatic rings. The van der Waals surface area contributed by atoms with Gasteiger partial charge in [0.2, 0.25) is 0 Å². The minimum absolute atomic E-state index is 0.0979. The van der Waals surface area contributed by atoms with E-state index in [-0.39, 0.29) is 23.6 Å². The summed E-state index contributed by atoms with van der Waals surface area (Å²) in [6.07, 6.45) is -0.884. The van der Waals surface area contributed by atoms with E-state index in [4.69, 9.17) is 25.0 Å². The van der Waals surface area contributed by atoms with Gasteiger partial charge in [-0.15, -0.1) is 0 Å². The highest BCUT2D eigenvalue weighted by atomic mass is 31.3. The van der Waals surface area contributed by atoms with Gasteiger partial charge in [-0.05, 0) is 0 Å². The van der Waals surface area contributed by atoms with Crippen LogP contribution < -0.4 is 5.73 Å². The predicted octanol–water partition coefficient (Wildman–Crippen LogP) is -1.22. The summed E-state index contributed by atoms with van der Waals surface area (Å²) in [6, 6.07) is 0. The van der Waals surface area contributed by atoms with Gasteiger partial charge in [0.1, 0.15) is 29.7 Å². The maximum Gasteiger partial charge on any atom is 0.490 e. The summed E-state index contributed by atoms with van der Waals surface area (Å²) in [5.41, 5.74) is 4.54. The molecule has 0 saturated carbocycles. The molecule has 2 saturated heterocycles. The van der Waals surface area contributed by atoms with Gasteiger partial charge >= 0.3 is 23.5 Å². The maximum absolute atomic E-state index is 12.0. The summed E-state index contributed by atoms with van der Waals surface area (Å²) in [5.74, 6) is 0.0979. The maximum atomic E-state index is 12.0. The number of hydrogen-bond acceptors (Lipinski definition) is 13. The number of aliphatic hydroxyl groups is 1. The lowest BCUT2D eigenvalue weighted by atomic mass is 10.0. The molecule has 178 valence electrons. The Morgan fingerprint density at radius 3 is 2.56 bits per heavy atom. The number of nitrogen functional groups attached to an aromatic ring is 1. The van der Waals surface area contributed by atoms with Crippen LogP contribution in [0.5, 0.6) is 0 Å². The van der Waals surface area contributed by atoms with Crippen molar-refractivity contribution in [3.8, 4) is 0 Å². The van der Waals surface area contributed by atoms with E-state index in [1.54, 1.807) is 0 Å². The summed E-state index contributed by atoms with van der Waals surface area (Å²) in [7, 11) is -16.7. The van der Waals surface area contributed by atoms with Crippen molar-refractivity contribution in [1.82, 2.24) is 19.5 Å². The first-order valence-corrected chi connectivity index (χ1v) is 12.9. The molecule has 4 unspecified atom stereocenters. The number of imidazole rings is 1. The van der Waals surface area contributed by atoms with Crippen molar-refractivity contribution in [3.63, 3.8) is 0 Å². The molecule has 0 spiro atoms. The molecule has 2 aromatic heterocycles. The molecular formula is C11H16N5O13P3. The van der Waals surface area contributed by atoms with E-state index in [0.717, 1.165) is 0 Å². The number of aliphatic hydroxyl groups excluding tert-OH is 1. The summed E-state index contributed by atoms with van der Waals surface area (Å²) in [5, 5.41) is 10.6. The molecule has 32 heavy (non-hydrogen) atoms. The molecule has 0 amide bonds. The van der Waals surface area contributed by atoms with Crippen molar-refractivity contribution in [1.29, 1.82) is 0 Å². The molecule has 18 nitrogen and oxygen atoms in total. The smallest absolute Gasteiger partial charge is 0.387 e. The number of anilines is 1. The van der Waals surface area contributed by atoms with Gasteiger partial charge < -0.3 is 39.9 Å². The van der Waals surface area contributed by atoms with Gasteiger partial charge in [-0.1, -0.05) is 0 Å². The van der Waals surface area contributed by atoms with Crippen LogP contribution in [0.25, 0.3) is 11.2 Å². The summed E-state index contributed by atoms with van der Waals surface area (Å²) in [6.45, 7) is -1.18. The molecule has 4 heterocycles. The Balaban J connectivity index is 1.50. The Hall–Kier alpha value is -1.36. The third-order valence-electron chi connectivity index (χ3n) is 4.56. The van der Waals surface area contributed by atoms with E-state index in [9.17, 15) is 28.6 Å². The minimum Gasteiger partial charge on any atom is -0.387 e. The van der Waals surface area contributed by atoms with Gasteiger partial charge in [-0.25, -0.2) is 28.6 Å². The van der Waals surface area contributed by atoms with Gasteiger partial charge in [0.15, 0.2) is 17.7 Å². The second-order valence-corrected chi connectivity index (χ2v) is 11.2. The van der Waals surface area contributed by atoms with Crippen LogP contribution in [0.2, 0.25) is 0 Å². The second-order valence-electron chi connectivity index (χ2n) is 6.74. The molecule has 7 N–H and O–H groups in total. The normalized spacial score (nSPS) is 31.6. The molecule has 0 aliphatic carbocycles. The molecule has 21 heteroatoms. The lowest BCUT2D eigenvalue weighted by Gasteiger charge is -2.31. The average Bonchev–Trinajstić information content (AvgIpc) is 3.28. The van der Waals surface area contributed by atoms with Crippen LogP contribution in [-0.4, -0.2) is 75.2 Å². The Morgan fingerprint density at radius 1 is 1.16 bits per heavy atom. The summed E-state index contributed by atoms with van der Waals surface area (Å²) in [4.78, 5) is 47.9. The van der Waals surface area contributed by atoms with Crippen LogP contribution in [0.3, 0.4) is 0 Å². The minimum atomic E-state index is -5.69. The number of hydrogen-bond donors (Lipinski definition) is 6. The Bertz CT molecular complexity index is 1190. The SMILES string of the molecule is Nc1ncnc2c1ncn2[C@@H]1O[C@@]2(COP(=O)(O)OP(=O)(O)OP(=O)(O)O)COC1C2O. The number of nitrogens with two attached hydrogens (primary N) is 1. The van der Waals surface area contributed by atoms with Gasteiger partial charge in [0, 0.05) is 0 Å². The molecule has 6 atom stereocenters. The Labute approximate surface area is 177 Å². The largest absolute Gasteiger partial charge is 0.490 e. The lowest BCUT2D eigenvalue weighted by molar-refractivity contribution is -0.183. The molecule has 0 radical (unpaired) electrons. The fourth-order valence-electron chi connectivity index (χ4n) is 3.29. The van der Waals surface area contributed by atoms with Crippen LogP contribution in [0.15, 0.2) is 12.7 Å². The van der Waals surface area contributed by atoms with Crippen molar-refractivity contribution >= 4 is 40.4 Å². The zero-order valence-corrected chi connectivity index (χ0v) is 18.2. The lowest BCUT2D eigenvalue weighted by Crippen LogP contribution is -2.44. The van der Waals surface area contributed by atoms with Gasteiger partial charge in [-0.3, -0.25) is 9.09 Å². The van der Waals surface area contributed by atoms with Crippen molar-refractivity contribution in [3.05, 3.63) is 12.7 Å². The number of phosphoric ester groups is 1. The molecule has 0 aromatic carbocycles. The number of rotatable bonds is 8. The van der Waals surface area contributed by atoms with Crippen LogP contribution in [-0.2, 0) is 36.3 Å². The third kappa shape index (κ3) is 4.51. The fraction of sp³-hybridized carbons (Fsp3) is 0.545.